The van der Waals surface area contributed by atoms with Gasteiger partial charge >= 0.3 is 0 Å². The van der Waals surface area contributed by atoms with Gasteiger partial charge in [-0.1, -0.05) is 6.07 Å². The quantitative estimate of drug-likeness (QED) is 0.787. The second-order valence-corrected chi connectivity index (χ2v) is 4.68. The molecule has 21 heavy (non-hydrogen) atoms. The van der Waals surface area contributed by atoms with Crippen molar-refractivity contribution in [3.8, 4) is 5.75 Å². The van der Waals surface area contributed by atoms with Crippen molar-refractivity contribution < 1.29 is 9.53 Å². The van der Waals surface area contributed by atoms with Crippen LogP contribution < -0.4 is 15.8 Å². The molecule has 0 aliphatic rings. The van der Waals surface area contributed by atoms with Crippen molar-refractivity contribution in [1.82, 2.24) is 15.1 Å². The molecular weight excluding hydrogens is 268 g/mol. The van der Waals surface area contributed by atoms with Crippen molar-refractivity contribution in [3.05, 3.63) is 41.7 Å². The van der Waals surface area contributed by atoms with Crippen LogP contribution in [0.2, 0.25) is 0 Å². The molecule has 1 aromatic heterocycles. The fourth-order valence-electron chi connectivity index (χ4n) is 2.08. The number of carbonyl (C=O) groups excluding carboxylic acids is 1. The highest BCUT2D eigenvalue weighted by atomic mass is 16.5. The molecule has 0 saturated heterocycles. The van der Waals surface area contributed by atoms with Crippen molar-refractivity contribution >= 4 is 11.6 Å². The summed E-state index contributed by atoms with van der Waals surface area (Å²) in [6, 6.07) is 5.21. The van der Waals surface area contributed by atoms with Crippen LogP contribution in [0.1, 0.15) is 22.8 Å². The monoisotopic (exact) mass is 288 g/mol. The van der Waals surface area contributed by atoms with Gasteiger partial charge in [0.15, 0.2) is 0 Å². The SMILES string of the molecule is CCOc1cccc(N)c1C(=O)NCCc1cnn(C)c1. The van der Waals surface area contributed by atoms with Gasteiger partial charge in [0.25, 0.3) is 5.91 Å². The fourth-order valence-corrected chi connectivity index (χ4v) is 2.08. The third-order valence-electron chi connectivity index (χ3n) is 3.04. The highest BCUT2D eigenvalue weighted by molar-refractivity contribution is 6.01. The van der Waals surface area contributed by atoms with Crippen LogP contribution in [-0.2, 0) is 13.5 Å². The van der Waals surface area contributed by atoms with Gasteiger partial charge in [0.2, 0.25) is 0 Å². The number of nitrogens with one attached hydrogen (secondary N) is 1. The van der Waals surface area contributed by atoms with Crippen molar-refractivity contribution in [2.45, 2.75) is 13.3 Å². The van der Waals surface area contributed by atoms with E-state index >= 15 is 0 Å². The minimum absolute atomic E-state index is 0.222. The van der Waals surface area contributed by atoms with E-state index in [0.29, 0.717) is 30.2 Å². The number of hydrogen-bond acceptors (Lipinski definition) is 4. The smallest absolute Gasteiger partial charge is 0.257 e. The first kappa shape index (κ1) is 14.9. The number of aromatic nitrogens is 2. The predicted molar refractivity (Wildman–Crippen MR) is 81.3 cm³/mol. The lowest BCUT2D eigenvalue weighted by Crippen LogP contribution is -2.27. The normalized spacial score (nSPS) is 10.4. The van der Waals surface area contributed by atoms with Gasteiger partial charge in [-0.05, 0) is 31.0 Å². The number of ether oxygens (including phenoxy) is 1. The third kappa shape index (κ3) is 3.75. The number of amides is 1. The first-order chi connectivity index (χ1) is 10.1. The summed E-state index contributed by atoms with van der Waals surface area (Å²) in [5.41, 5.74) is 7.77. The second kappa shape index (κ2) is 6.78. The van der Waals surface area contributed by atoms with Gasteiger partial charge in [0, 0.05) is 25.5 Å². The number of anilines is 1. The topological polar surface area (TPSA) is 82.2 Å². The first-order valence-electron chi connectivity index (χ1n) is 6.88. The summed E-state index contributed by atoms with van der Waals surface area (Å²) in [4.78, 5) is 12.3. The minimum atomic E-state index is -0.222. The Kier molecular flexibility index (Phi) is 4.81. The van der Waals surface area contributed by atoms with Crippen LogP contribution in [0.15, 0.2) is 30.6 Å². The molecule has 2 rings (SSSR count). The van der Waals surface area contributed by atoms with Gasteiger partial charge in [-0.2, -0.15) is 5.10 Å². The van der Waals surface area contributed by atoms with E-state index in [-0.39, 0.29) is 5.91 Å². The molecule has 0 atom stereocenters. The van der Waals surface area contributed by atoms with Gasteiger partial charge in [-0.3, -0.25) is 9.48 Å². The first-order valence-corrected chi connectivity index (χ1v) is 6.88. The average molecular weight is 288 g/mol. The molecule has 0 bridgehead atoms. The molecule has 0 aliphatic heterocycles. The number of nitrogens with zero attached hydrogens (tertiary/aromatic N) is 2. The fraction of sp³-hybridized carbons (Fsp3) is 0.333. The molecule has 6 nitrogen and oxygen atoms in total. The Bertz CT molecular complexity index is 622. The number of hydrogen-bond donors (Lipinski definition) is 2. The Balaban J connectivity index is 2.00. The van der Waals surface area contributed by atoms with Crippen LogP contribution in [0.4, 0.5) is 5.69 Å². The van der Waals surface area contributed by atoms with Crippen molar-refractivity contribution in [2.24, 2.45) is 7.05 Å². The van der Waals surface area contributed by atoms with Gasteiger partial charge in [-0.25, -0.2) is 0 Å². The van der Waals surface area contributed by atoms with Crippen LogP contribution in [-0.4, -0.2) is 28.8 Å². The largest absolute Gasteiger partial charge is 0.493 e. The zero-order valence-electron chi connectivity index (χ0n) is 12.3. The molecule has 0 unspecified atom stereocenters. The lowest BCUT2D eigenvalue weighted by Gasteiger charge is -2.12. The van der Waals surface area contributed by atoms with E-state index in [9.17, 15) is 4.79 Å². The van der Waals surface area contributed by atoms with Crippen LogP contribution in [0.5, 0.6) is 5.75 Å². The maximum Gasteiger partial charge on any atom is 0.257 e. The Morgan fingerprint density at radius 1 is 1.48 bits per heavy atom. The number of benzene rings is 1. The van der Waals surface area contributed by atoms with Crippen LogP contribution >= 0.6 is 0 Å². The summed E-state index contributed by atoms with van der Waals surface area (Å²) in [7, 11) is 1.86. The summed E-state index contributed by atoms with van der Waals surface area (Å²) in [6.45, 7) is 2.87. The van der Waals surface area contributed by atoms with E-state index in [0.717, 1.165) is 12.0 Å². The Morgan fingerprint density at radius 3 is 2.95 bits per heavy atom. The summed E-state index contributed by atoms with van der Waals surface area (Å²) in [6.07, 6.45) is 4.43. The van der Waals surface area contributed by atoms with E-state index in [2.05, 4.69) is 10.4 Å². The molecule has 1 amide bonds. The van der Waals surface area contributed by atoms with Crippen molar-refractivity contribution in [1.29, 1.82) is 0 Å². The lowest BCUT2D eigenvalue weighted by molar-refractivity contribution is 0.0951. The number of carbonyl (C=O) groups is 1. The number of nitrogens with two attached hydrogens (primary N) is 1. The molecule has 1 heterocycles. The van der Waals surface area contributed by atoms with E-state index < -0.39 is 0 Å². The number of aryl methyl sites for hydroxylation is 1. The Morgan fingerprint density at radius 2 is 2.29 bits per heavy atom. The lowest BCUT2D eigenvalue weighted by atomic mass is 10.1. The van der Waals surface area contributed by atoms with E-state index in [1.165, 1.54) is 0 Å². The molecule has 0 spiro atoms. The summed E-state index contributed by atoms with van der Waals surface area (Å²) >= 11 is 0. The van der Waals surface area contributed by atoms with E-state index in [4.69, 9.17) is 10.5 Å². The summed E-state index contributed by atoms with van der Waals surface area (Å²) in [5, 5.41) is 6.95. The zero-order valence-corrected chi connectivity index (χ0v) is 12.3. The second-order valence-electron chi connectivity index (χ2n) is 4.68. The molecule has 0 aliphatic carbocycles. The van der Waals surface area contributed by atoms with Gasteiger partial charge in [-0.15, -0.1) is 0 Å². The molecule has 1 aromatic carbocycles. The van der Waals surface area contributed by atoms with Crippen LogP contribution in [0.3, 0.4) is 0 Å². The minimum Gasteiger partial charge on any atom is -0.493 e. The van der Waals surface area contributed by atoms with Gasteiger partial charge < -0.3 is 15.8 Å². The highest BCUT2D eigenvalue weighted by Crippen LogP contribution is 2.24. The summed E-state index contributed by atoms with van der Waals surface area (Å²) in [5.74, 6) is 0.289. The number of rotatable bonds is 6. The van der Waals surface area contributed by atoms with Crippen molar-refractivity contribution in [3.63, 3.8) is 0 Å². The van der Waals surface area contributed by atoms with Crippen molar-refractivity contribution in [2.75, 3.05) is 18.9 Å². The molecule has 2 aromatic rings. The molecule has 112 valence electrons. The highest BCUT2D eigenvalue weighted by Gasteiger charge is 2.15. The molecule has 6 heteroatoms. The standard InChI is InChI=1S/C15H20N4O2/c1-3-21-13-6-4-5-12(16)14(13)15(20)17-8-7-11-9-18-19(2)10-11/h4-6,9-10H,3,7-8,16H2,1-2H3,(H,17,20). The maximum atomic E-state index is 12.3. The molecule has 3 N–H and O–H groups in total. The Hall–Kier alpha value is -2.50. The maximum absolute atomic E-state index is 12.3. The summed E-state index contributed by atoms with van der Waals surface area (Å²) < 4.78 is 7.19. The number of nitrogen functional groups attached to an aromatic ring is 1. The van der Waals surface area contributed by atoms with Gasteiger partial charge in [0.05, 0.1) is 12.8 Å². The molecule has 0 fully saturated rings. The zero-order chi connectivity index (χ0) is 15.2. The molecular formula is C15H20N4O2. The van der Waals surface area contributed by atoms with Gasteiger partial charge in [0.1, 0.15) is 11.3 Å². The predicted octanol–water partition coefficient (Wildman–Crippen LogP) is 1.37. The van der Waals surface area contributed by atoms with Crippen LogP contribution in [0.25, 0.3) is 0 Å². The van der Waals surface area contributed by atoms with Crippen LogP contribution in [0, 0.1) is 0 Å². The van der Waals surface area contributed by atoms with E-state index in [1.807, 2.05) is 20.2 Å². The van der Waals surface area contributed by atoms with E-state index in [1.54, 1.807) is 29.1 Å². The molecule has 0 saturated carbocycles. The average Bonchev–Trinajstić information content (AvgIpc) is 2.85. The molecule has 0 radical (unpaired) electrons. The Labute approximate surface area is 123 Å². The third-order valence-corrected chi connectivity index (χ3v) is 3.04.